The summed E-state index contributed by atoms with van der Waals surface area (Å²) in [5.74, 6) is 0.816. The Bertz CT molecular complexity index is 972. The molecule has 138 valence electrons. The molecule has 7 heteroatoms. The average Bonchev–Trinajstić information content (AvgIpc) is 3.13. The summed E-state index contributed by atoms with van der Waals surface area (Å²) in [6.45, 7) is 1.25. The molecule has 1 aromatic heterocycles. The minimum Gasteiger partial charge on any atom is -0.497 e. The number of carbonyl (C=O) groups excluding carboxylic acids is 1. The van der Waals surface area contributed by atoms with Crippen molar-refractivity contribution in [2.75, 3.05) is 19.0 Å². The standard InChI is InChI=1S/C20H18BrN3O2S/c1-26-16-4-2-3-13(11-16)19-23-17-9-10-24(12-18(17)27-19)20(25)22-15-7-5-14(21)6-8-15/h2-8,11H,9-10,12H2,1H3,(H,22,25). The van der Waals surface area contributed by atoms with Gasteiger partial charge in [0.2, 0.25) is 0 Å². The van der Waals surface area contributed by atoms with E-state index in [1.165, 1.54) is 0 Å². The molecular formula is C20H18BrN3O2S. The number of aromatic nitrogens is 1. The Morgan fingerprint density at radius 1 is 1.26 bits per heavy atom. The van der Waals surface area contributed by atoms with Crippen molar-refractivity contribution < 1.29 is 9.53 Å². The summed E-state index contributed by atoms with van der Waals surface area (Å²) in [6.07, 6.45) is 0.767. The van der Waals surface area contributed by atoms with Gasteiger partial charge in [-0.1, -0.05) is 28.1 Å². The predicted octanol–water partition coefficient (Wildman–Crippen LogP) is 5.17. The fourth-order valence-corrected chi connectivity index (χ4v) is 4.37. The van der Waals surface area contributed by atoms with Crippen LogP contribution in [0.1, 0.15) is 10.6 Å². The van der Waals surface area contributed by atoms with Gasteiger partial charge in [-0.05, 0) is 36.4 Å². The average molecular weight is 444 g/mol. The molecule has 0 spiro atoms. The Hall–Kier alpha value is -2.38. The molecule has 0 unspecified atom stereocenters. The van der Waals surface area contributed by atoms with E-state index in [1.54, 1.807) is 18.4 Å². The summed E-state index contributed by atoms with van der Waals surface area (Å²) in [5.41, 5.74) is 2.92. The molecule has 27 heavy (non-hydrogen) atoms. The van der Waals surface area contributed by atoms with Crippen LogP contribution in [0.3, 0.4) is 0 Å². The van der Waals surface area contributed by atoms with E-state index in [-0.39, 0.29) is 6.03 Å². The van der Waals surface area contributed by atoms with Gasteiger partial charge in [0, 0.05) is 33.6 Å². The number of nitrogens with zero attached hydrogens (tertiary/aromatic N) is 2. The summed E-state index contributed by atoms with van der Waals surface area (Å²) >= 11 is 5.04. The monoisotopic (exact) mass is 443 g/mol. The highest BCUT2D eigenvalue weighted by Crippen LogP contribution is 2.33. The number of fused-ring (bicyclic) bond motifs is 1. The van der Waals surface area contributed by atoms with Crippen LogP contribution in [0.2, 0.25) is 0 Å². The predicted molar refractivity (Wildman–Crippen MR) is 111 cm³/mol. The molecule has 4 rings (SSSR count). The number of halogens is 1. The Balaban J connectivity index is 1.49. The van der Waals surface area contributed by atoms with Gasteiger partial charge in [0.05, 0.1) is 19.3 Å². The normalized spacial score (nSPS) is 13.2. The second-order valence-corrected chi connectivity index (χ2v) is 8.23. The van der Waals surface area contributed by atoms with Gasteiger partial charge in [-0.15, -0.1) is 11.3 Å². The lowest BCUT2D eigenvalue weighted by Crippen LogP contribution is -2.38. The highest BCUT2D eigenvalue weighted by Gasteiger charge is 2.24. The third-order valence-electron chi connectivity index (χ3n) is 4.43. The minimum absolute atomic E-state index is 0.0840. The molecule has 5 nitrogen and oxygen atoms in total. The number of amides is 2. The zero-order chi connectivity index (χ0) is 18.8. The second-order valence-electron chi connectivity index (χ2n) is 6.23. The van der Waals surface area contributed by atoms with Crippen molar-refractivity contribution in [3.63, 3.8) is 0 Å². The molecular weight excluding hydrogens is 426 g/mol. The lowest BCUT2D eigenvalue weighted by Gasteiger charge is -2.26. The summed E-state index contributed by atoms with van der Waals surface area (Å²) in [4.78, 5) is 20.4. The van der Waals surface area contributed by atoms with Crippen LogP contribution in [0.25, 0.3) is 10.6 Å². The Morgan fingerprint density at radius 2 is 2.07 bits per heavy atom. The number of benzene rings is 2. The fourth-order valence-electron chi connectivity index (χ4n) is 2.98. The van der Waals surface area contributed by atoms with Crippen molar-refractivity contribution >= 4 is 39.0 Å². The summed E-state index contributed by atoms with van der Waals surface area (Å²) in [6, 6.07) is 15.4. The molecule has 1 aliphatic rings. The summed E-state index contributed by atoms with van der Waals surface area (Å²) in [5, 5.41) is 3.92. The zero-order valence-electron chi connectivity index (χ0n) is 14.7. The number of anilines is 1. The Morgan fingerprint density at radius 3 is 2.85 bits per heavy atom. The first-order valence-corrected chi connectivity index (χ1v) is 10.2. The van der Waals surface area contributed by atoms with Gasteiger partial charge in [-0.2, -0.15) is 0 Å². The molecule has 1 N–H and O–H groups in total. The van der Waals surface area contributed by atoms with Crippen LogP contribution in [0, 0.1) is 0 Å². The highest BCUT2D eigenvalue weighted by molar-refractivity contribution is 9.10. The van der Waals surface area contributed by atoms with E-state index in [1.807, 2.05) is 53.4 Å². The highest BCUT2D eigenvalue weighted by atomic mass is 79.9. The molecule has 1 aliphatic heterocycles. The molecule has 0 saturated heterocycles. The van der Waals surface area contributed by atoms with Gasteiger partial charge in [-0.25, -0.2) is 9.78 Å². The number of methoxy groups -OCH3 is 1. The molecule has 3 aromatic rings. The van der Waals surface area contributed by atoms with Crippen LogP contribution >= 0.6 is 27.3 Å². The first-order valence-electron chi connectivity index (χ1n) is 8.57. The second kappa shape index (κ2) is 7.70. The first-order chi connectivity index (χ1) is 13.1. The maximum absolute atomic E-state index is 12.6. The number of thiazole rings is 1. The van der Waals surface area contributed by atoms with Crippen LogP contribution in [-0.2, 0) is 13.0 Å². The molecule has 0 aliphatic carbocycles. The molecule has 0 bridgehead atoms. The molecule has 2 aromatic carbocycles. The van der Waals surface area contributed by atoms with Crippen molar-refractivity contribution in [1.82, 2.24) is 9.88 Å². The number of nitrogens with one attached hydrogen (secondary N) is 1. The minimum atomic E-state index is -0.0840. The quantitative estimate of drug-likeness (QED) is 0.607. The van der Waals surface area contributed by atoms with Crippen LogP contribution in [0.15, 0.2) is 53.0 Å². The van der Waals surface area contributed by atoms with E-state index in [0.717, 1.165) is 43.5 Å². The molecule has 0 radical (unpaired) electrons. The third-order valence-corrected chi connectivity index (χ3v) is 6.09. The van der Waals surface area contributed by atoms with E-state index in [9.17, 15) is 4.79 Å². The van der Waals surface area contributed by atoms with Crippen LogP contribution < -0.4 is 10.1 Å². The van der Waals surface area contributed by atoms with Crippen molar-refractivity contribution in [2.45, 2.75) is 13.0 Å². The summed E-state index contributed by atoms with van der Waals surface area (Å²) in [7, 11) is 1.66. The van der Waals surface area contributed by atoms with Gasteiger partial charge in [-0.3, -0.25) is 0 Å². The van der Waals surface area contributed by atoms with Gasteiger partial charge < -0.3 is 15.0 Å². The van der Waals surface area contributed by atoms with Crippen LogP contribution in [-0.4, -0.2) is 29.6 Å². The van der Waals surface area contributed by atoms with Gasteiger partial charge >= 0.3 is 6.03 Å². The maximum Gasteiger partial charge on any atom is 0.322 e. The van der Waals surface area contributed by atoms with E-state index >= 15 is 0 Å². The van der Waals surface area contributed by atoms with Gasteiger partial charge in [0.15, 0.2) is 0 Å². The largest absolute Gasteiger partial charge is 0.497 e. The van der Waals surface area contributed by atoms with E-state index in [0.29, 0.717) is 13.1 Å². The van der Waals surface area contributed by atoms with Crippen molar-refractivity contribution in [3.05, 3.63) is 63.6 Å². The molecule has 0 saturated carbocycles. The van der Waals surface area contributed by atoms with Crippen LogP contribution in [0.5, 0.6) is 5.75 Å². The van der Waals surface area contributed by atoms with Crippen LogP contribution in [0.4, 0.5) is 10.5 Å². The number of urea groups is 1. The Labute approximate surface area is 170 Å². The molecule has 2 amide bonds. The zero-order valence-corrected chi connectivity index (χ0v) is 17.1. The lowest BCUT2D eigenvalue weighted by atomic mass is 10.2. The number of carbonyl (C=O) groups is 1. The summed E-state index contributed by atoms with van der Waals surface area (Å²) < 4.78 is 6.29. The number of rotatable bonds is 3. The van der Waals surface area contributed by atoms with Gasteiger partial charge in [0.1, 0.15) is 10.8 Å². The molecule has 2 heterocycles. The third kappa shape index (κ3) is 3.99. The number of hydrogen-bond donors (Lipinski definition) is 1. The van der Waals surface area contributed by atoms with Crippen molar-refractivity contribution in [3.8, 4) is 16.3 Å². The van der Waals surface area contributed by atoms with E-state index < -0.39 is 0 Å². The van der Waals surface area contributed by atoms with Crippen molar-refractivity contribution in [2.24, 2.45) is 0 Å². The molecule has 0 fully saturated rings. The fraction of sp³-hybridized carbons (Fsp3) is 0.200. The van der Waals surface area contributed by atoms with E-state index in [2.05, 4.69) is 21.2 Å². The molecule has 0 atom stereocenters. The number of ether oxygens (including phenoxy) is 1. The first kappa shape index (κ1) is 18.0. The topological polar surface area (TPSA) is 54.5 Å². The van der Waals surface area contributed by atoms with Crippen molar-refractivity contribution in [1.29, 1.82) is 0 Å². The van der Waals surface area contributed by atoms with Gasteiger partial charge in [0.25, 0.3) is 0 Å². The SMILES string of the molecule is COc1cccc(-c2nc3c(s2)CN(C(=O)Nc2ccc(Br)cc2)CC3)c1. The smallest absolute Gasteiger partial charge is 0.322 e. The maximum atomic E-state index is 12.6. The number of hydrogen-bond acceptors (Lipinski definition) is 4. The lowest BCUT2D eigenvalue weighted by molar-refractivity contribution is 0.207. The Kier molecular flexibility index (Phi) is 5.13. The van der Waals surface area contributed by atoms with E-state index in [4.69, 9.17) is 9.72 Å².